The molecule has 2 aliphatic rings. The van der Waals surface area contributed by atoms with Gasteiger partial charge in [0.15, 0.2) is 0 Å². The zero-order valence-electron chi connectivity index (χ0n) is 46.4. The van der Waals surface area contributed by atoms with Gasteiger partial charge < -0.3 is 48.4 Å². The average molecular weight is 1050 g/mol. The summed E-state index contributed by atoms with van der Waals surface area (Å²) in [5.41, 5.74) is 11.0. The van der Waals surface area contributed by atoms with Crippen molar-refractivity contribution in [2.75, 3.05) is 110 Å². The molecular formula is C62H73N12O4+. The molecule has 2 saturated carbocycles. The van der Waals surface area contributed by atoms with Gasteiger partial charge in [-0.15, -0.1) is 0 Å². The Morgan fingerprint density at radius 2 is 1.15 bits per heavy atom. The molecule has 8 aromatic rings. The fraction of sp³-hybridized carbons (Fsp3) is 0.355. The molecule has 4 aromatic carbocycles. The van der Waals surface area contributed by atoms with Crippen LogP contribution >= 0.6 is 0 Å². The summed E-state index contributed by atoms with van der Waals surface area (Å²) in [6.45, 7) is 7.17. The number of fused-ring (bicyclic) bond motifs is 2. The van der Waals surface area contributed by atoms with Gasteiger partial charge in [0.2, 0.25) is 11.8 Å². The summed E-state index contributed by atoms with van der Waals surface area (Å²) in [6, 6.07) is 30.0. The number of carbonyl (C=O) groups is 2. The van der Waals surface area contributed by atoms with E-state index in [-0.39, 0.29) is 18.2 Å². The van der Waals surface area contributed by atoms with Crippen LogP contribution in [0, 0.1) is 0 Å². The molecule has 0 atom stereocenters. The number of ether oxygens (including phenoxy) is 2. The van der Waals surface area contributed by atoms with E-state index >= 15 is 0 Å². The topological polar surface area (TPSA) is 148 Å². The second-order valence-electron chi connectivity index (χ2n) is 21.8. The number of hydrogen-bond donors (Lipinski definition) is 2. The molecule has 4 aromatic heterocycles. The lowest BCUT2D eigenvalue weighted by molar-refractivity contribution is -0.888. The molecule has 16 heteroatoms. The number of hydrogen-bond acceptors (Lipinski definition) is 11. The predicted octanol–water partition coefficient (Wildman–Crippen LogP) is 10.0. The van der Waals surface area contributed by atoms with Crippen molar-refractivity contribution >= 4 is 56.4 Å². The number of rotatable bonds is 24. The summed E-state index contributed by atoms with van der Waals surface area (Å²) in [6.07, 6.45) is 15.2. The molecule has 2 N–H and O–H groups in total. The predicted molar refractivity (Wildman–Crippen MR) is 313 cm³/mol. The van der Waals surface area contributed by atoms with E-state index in [1.165, 1.54) is 53.6 Å². The number of quaternary nitrogens is 1. The first kappa shape index (κ1) is 53.3. The maximum atomic E-state index is 14.1. The van der Waals surface area contributed by atoms with Crippen molar-refractivity contribution in [3.8, 4) is 34.0 Å². The molecular weight excluding hydrogens is 977 g/mol. The number of amides is 2. The highest BCUT2D eigenvalue weighted by Gasteiger charge is 2.29. The van der Waals surface area contributed by atoms with Crippen molar-refractivity contribution in [2.24, 2.45) is 0 Å². The van der Waals surface area contributed by atoms with Crippen LogP contribution in [0.1, 0.15) is 67.0 Å². The fourth-order valence-corrected chi connectivity index (χ4v) is 10.4. The van der Waals surface area contributed by atoms with Gasteiger partial charge in [-0.25, -0.2) is 19.9 Å². The lowest BCUT2D eigenvalue weighted by Crippen LogP contribution is -2.46. The Kier molecular flexibility index (Phi) is 15.6. The SMILES string of the molecule is C=CC(=O)Nc1cc(Cc2nccc(-c3cn(C4CC4)c4ccccc34)n2)c(OC)cc1N(C)CC[N+](C)(C)CCC(=O)Nc1cc(Cc2nccc(-c3cn(C4CC4)c4ccccc34)n2)c(OC)cc1N(C)CCN(C)C. The number of anilines is 4. The Morgan fingerprint density at radius 3 is 1.63 bits per heavy atom. The van der Waals surface area contributed by atoms with Gasteiger partial charge in [0.25, 0.3) is 0 Å². The van der Waals surface area contributed by atoms with Gasteiger partial charge in [0, 0.05) is 133 Å². The molecule has 78 heavy (non-hydrogen) atoms. The fourth-order valence-electron chi connectivity index (χ4n) is 10.4. The van der Waals surface area contributed by atoms with E-state index in [2.05, 4.69) is 135 Å². The highest BCUT2D eigenvalue weighted by Crippen LogP contribution is 2.43. The third-order valence-electron chi connectivity index (χ3n) is 15.2. The van der Waals surface area contributed by atoms with Crippen LogP contribution in [0.3, 0.4) is 0 Å². The molecule has 10 rings (SSSR count). The lowest BCUT2D eigenvalue weighted by Gasteiger charge is -2.33. The first-order valence-electron chi connectivity index (χ1n) is 27.1. The summed E-state index contributed by atoms with van der Waals surface area (Å²) in [5, 5.41) is 8.70. The maximum Gasteiger partial charge on any atom is 0.247 e. The van der Waals surface area contributed by atoms with Crippen molar-refractivity contribution in [1.82, 2.24) is 34.0 Å². The van der Waals surface area contributed by atoms with E-state index in [4.69, 9.17) is 24.4 Å². The van der Waals surface area contributed by atoms with Gasteiger partial charge in [-0.05, 0) is 82.3 Å². The number of nitrogens with one attached hydrogen (secondary N) is 2. The molecule has 0 saturated heterocycles. The third-order valence-corrected chi connectivity index (χ3v) is 15.2. The quantitative estimate of drug-likeness (QED) is 0.0440. The smallest absolute Gasteiger partial charge is 0.247 e. The van der Waals surface area contributed by atoms with E-state index in [0.29, 0.717) is 83.6 Å². The summed E-state index contributed by atoms with van der Waals surface area (Å²) < 4.78 is 17.4. The van der Waals surface area contributed by atoms with Crippen LogP contribution in [0.15, 0.2) is 122 Å². The highest BCUT2D eigenvalue weighted by atomic mass is 16.5. The number of aromatic nitrogens is 6. The molecule has 404 valence electrons. The van der Waals surface area contributed by atoms with Crippen LogP contribution in [0.2, 0.25) is 0 Å². The summed E-state index contributed by atoms with van der Waals surface area (Å²) >= 11 is 0. The second kappa shape index (κ2) is 22.9. The van der Waals surface area contributed by atoms with Crippen LogP contribution in [-0.2, 0) is 22.4 Å². The first-order valence-corrected chi connectivity index (χ1v) is 27.1. The Morgan fingerprint density at radius 1 is 0.667 bits per heavy atom. The lowest BCUT2D eigenvalue weighted by atomic mass is 10.1. The summed E-state index contributed by atoms with van der Waals surface area (Å²) in [4.78, 5) is 53.1. The standard InChI is InChI=1S/C62H72N12O4/c1-10-61(75)67-51-33-41(35-59-63-26-23-49(65-59)47-39-72(43-19-20-43)53-17-13-11-15-45(47)53)58(78-9)38-56(51)71(5)30-32-74(6,7)31-25-62(76)68-52-34-42(57(77-8)37-55(52)70(4)29-28-69(2)3)36-60-64-27-24-50(66-60)48-40-73(44-21-22-44)54-18-14-12-16-46(48)54/h10-18,23-24,26-27,33-34,37-40,43-44H,1,19-22,25,28-32,35-36H2,2-9H3,(H-,67,68,75,76)/p+1. The van der Waals surface area contributed by atoms with Crippen molar-refractivity contribution in [3.05, 3.63) is 145 Å². The van der Waals surface area contributed by atoms with Gasteiger partial charge in [-0.2, -0.15) is 0 Å². The molecule has 2 aliphatic carbocycles. The largest absolute Gasteiger partial charge is 0.496 e. The van der Waals surface area contributed by atoms with E-state index < -0.39 is 0 Å². The van der Waals surface area contributed by atoms with E-state index in [1.807, 2.05) is 62.9 Å². The minimum absolute atomic E-state index is 0.0903. The molecule has 4 heterocycles. The van der Waals surface area contributed by atoms with Gasteiger partial charge in [-0.1, -0.05) is 43.0 Å². The summed E-state index contributed by atoms with van der Waals surface area (Å²) in [5.74, 6) is 2.24. The maximum absolute atomic E-state index is 14.1. The zero-order valence-corrected chi connectivity index (χ0v) is 46.4. The molecule has 2 fully saturated rings. The Bertz CT molecular complexity index is 3500. The minimum Gasteiger partial charge on any atom is -0.496 e. The van der Waals surface area contributed by atoms with Gasteiger partial charge in [0.1, 0.15) is 23.1 Å². The molecule has 0 radical (unpaired) electrons. The Hall–Kier alpha value is -8.08. The van der Waals surface area contributed by atoms with Gasteiger partial charge in [0.05, 0.1) is 88.5 Å². The first-order chi connectivity index (χ1) is 37.7. The molecule has 0 bridgehead atoms. The van der Waals surface area contributed by atoms with Crippen LogP contribution in [0.4, 0.5) is 22.7 Å². The van der Waals surface area contributed by atoms with Crippen LogP contribution in [-0.4, -0.2) is 139 Å². The second-order valence-corrected chi connectivity index (χ2v) is 21.8. The van der Waals surface area contributed by atoms with Crippen LogP contribution < -0.4 is 29.9 Å². The number of carbonyl (C=O) groups excluding carboxylic acids is 2. The van der Waals surface area contributed by atoms with Gasteiger partial charge >= 0.3 is 0 Å². The Balaban J connectivity index is 0.830. The number of likely N-dealkylation sites (N-methyl/N-ethyl adjacent to an activating group) is 4. The monoisotopic (exact) mass is 1050 g/mol. The highest BCUT2D eigenvalue weighted by molar-refractivity contribution is 6.02. The molecule has 0 aliphatic heterocycles. The number of methoxy groups -OCH3 is 2. The van der Waals surface area contributed by atoms with Crippen molar-refractivity contribution in [2.45, 2.75) is 57.0 Å². The van der Waals surface area contributed by atoms with E-state index in [1.54, 1.807) is 14.2 Å². The van der Waals surface area contributed by atoms with E-state index in [0.717, 1.165) is 58.1 Å². The average Bonchev–Trinajstić information content (AvgIpc) is 4.43. The molecule has 0 unspecified atom stereocenters. The van der Waals surface area contributed by atoms with E-state index in [9.17, 15) is 9.59 Å². The number of para-hydroxylation sites is 2. The Labute approximate surface area is 457 Å². The van der Waals surface area contributed by atoms with Gasteiger partial charge in [-0.3, -0.25) is 9.59 Å². The van der Waals surface area contributed by atoms with Crippen LogP contribution in [0.5, 0.6) is 11.5 Å². The minimum atomic E-state index is -0.323. The number of nitrogens with zero attached hydrogens (tertiary/aromatic N) is 10. The third kappa shape index (κ3) is 12.0. The zero-order chi connectivity index (χ0) is 54.7. The molecule has 2 amide bonds. The van der Waals surface area contributed by atoms with Crippen molar-refractivity contribution in [1.29, 1.82) is 0 Å². The normalized spacial score (nSPS) is 13.5. The van der Waals surface area contributed by atoms with Crippen molar-refractivity contribution < 1.29 is 23.5 Å². The van der Waals surface area contributed by atoms with Crippen LogP contribution in [0.25, 0.3) is 44.3 Å². The molecule has 16 nitrogen and oxygen atoms in total. The summed E-state index contributed by atoms with van der Waals surface area (Å²) in [7, 11) is 15.7. The molecule has 0 spiro atoms. The number of benzene rings is 4. The van der Waals surface area contributed by atoms with Crippen molar-refractivity contribution in [3.63, 3.8) is 0 Å².